The number of hydrogen-bond donors (Lipinski definition) is 2. The van der Waals surface area contributed by atoms with E-state index in [1.807, 2.05) is 24.4 Å². The largest absolute Gasteiger partial charge is 0.487 e. The summed E-state index contributed by atoms with van der Waals surface area (Å²) >= 11 is 2.94. The van der Waals surface area contributed by atoms with Gasteiger partial charge in [-0.3, -0.25) is 9.59 Å². The van der Waals surface area contributed by atoms with Crippen LogP contribution in [-0.2, 0) is 11.4 Å². The first-order chi connectivity index (χ1) is 14.5. The lowest BCUT2D eigenvalue weighted by Gasteiger charge is -2.07. The van der Waals surface area contributed by atoms with Gasteiger partial charge in [0, 0.05) is 23.6 Å². The van der Waals surface area contributed by atoms with Crippen molar-refractivity contribution < 1.29 is 14.3 Å². The number of nitrogens with one attached hydrogen (secondary N) is 2. The first kappa shape index (κ1) is 20.0. The summed E-state index contributed by atoms with van der Waals surface area (Å²) in [6, 6.07) is 12.4. The van der Waals surface area contributed by atoms with Crippen LogP contribution in [0.1, 0.15) is 28.0 Å². The number of rotatable bonds is 6. The van der Waals surface area contributed by atoms with Gasteiger partial charge in [-0.05, 0) is 49.4 Å². The molecule has 0 spiro atoms. The van der Waals surface area contributed by atoms with Crippen molar-refractivity contribution >= 4 is 55.5 Å². The molecule has 2 N–H and O–H groups in total. The zero-order valence-electron chi connectivity index (χ0n) is 16.3. The minimum atomic E-state index is -0.220. The van der Waals surface area contributed by atoms with Gasteiger partial charge in [-0.1, -0.05) is 11.3 Å². The first-order valence-electron chi connectivity index (χ1n) is 9.10. The summed E-state index contributed by atoms with van der Waals surface area (Å²) in [4.78, 5) is 32.4. The number of aryl methyl sites for hydroxylation is 1. The second-order valence-corrected chi connectivity index (χ2v) is 8.60. The van der Waals surface area contributed by atoms with Crippen LogP contribution in [0.3, 0.4) is 0 Å². The van der Waals surface area contributed by atoms with Crippen LogP contribution in [0.25, 0.3) is 10.2 Å². The molecule has 0 fully saturated rings. The predicted octanol–water partition coefficient (Wildman–Crippen LogP) is 4.85. The van der Waals surface area contributed by atoms with E-state index in [0.717, 1.165) is 20.9 Å². The number of aromatic nitrogens is 2. The fraction of sp³-hybridized carbons (Fsp3) is 0.143. The highest BCUT2D eigenvalue weighted by molar-refractivity contribution is 7.22. The Morgan fingerprint density at radius 2 is 1.87 bits per heavy atom. The third kappa shape index (κ3) is 4.81. The number of nitrogens with zero attached hydrogens (tertiary/aromatic N) is 2. The molecule has 152 valence electrons. The van der Waals surface area contributed by atoms with Crippen LogP contribution in [-0.4, -0.2) is 21.8 Å². The number of thiazole rings is 2. The lowest BCUT2D eigenvalue weighted by molar-refractivity contribution is -0.114. The van der Waals surface area contributed by atoms with E-state index >= 15 is 0 Å². The van der Waals surface area contributed by atoms with Crippen LogP contribution in [0, 0.1) is 6.92 Å². The Kier molecular flexibility index (Phi) is 5.73. The van der Waals surface area contributed by atoms with E-state index in [4.69, 9.17) is 4.74 Å². The smallest absolute Gasteiger partial charge is 0.255 e. The summed E-state index contributed by atoms with van der Waals surface area (Å²) < 4.78 is 6.59. The molecule has 2 heterocycles. The van der Waals surface area contributed by atoms with Crippen molar-refractivity contribution in [3.05, 3.63) is 64.1 Å². The van der Waals surface area contributed by atoms with Gasteiger partial charge in [0.05, 0.1) is 20.9 Å². The van der Waals surface area contributed by atoms with Gasteiger partial charge in [0.1, 0.15) is 12.4 Å². The zero-order chi connectivity index (χ0) is 21.1. The van der Waals surface area contributed by atoms with E-state index in [9.17, 15) is 9.59 Å². The van der Waals surface area contributed by atoms with Gasteiger partial charge in [0.2, 0.25) is 5.91 Å². The van der Waals surface area contributed by atoms with Crippen molar-refractivity contribution in [1.29, 1.82) is 0 Å². The van der Waals surface area contributed by atoms with Crippen molar-refractivity contribution in [2.75, 3.05) is 10.6 Å². The molecule has 0 unspecified atom stereocenters. The first-order valence-corrected chi connectivity index (χ1v) is 10.8. The highest BCUT2D eigenvalue weighted by atomic mass is 32.1. The summed E-state index contributed by atoms with van der Waals surface area (Å²) in [6.07, 6.45) is 0. The van der Waals surface area contributed by atoms with Crippen LogP contribution < -0.4 is 15.4 Å². The number of amides is 2. The molecule has 0 aliphatic rings. The summed E-state index contributed by atoms with van der Waals surface area (Å²) in [5, 5.41) is 9.06. The van der Waals surface area contributed by atoms with Crippen molar-refractivity contribution in [1.82, 2.24) is 9.97 Å². The molecule has 0 atom stereocenters. The van der Waals surface area contributed by atoms with Crippen molar-refractivity contribution in [3.63, 3.8) is 0 Å². The number of benzene rings is 2. The van der Waals surface area contributed by atoms with Crippen molar-refractivity contribution in [3.8, 4) is 5.75 Å². The molecule has 0 radical (unpaired) electrons. The third-order valence-electron chi connectivity index (χ3n) is 4.10. The zero-order valence-corrected chi connectivity index (χ0v) is 17.9. The number of carbonyl (C=O) groups is 2. The second-order valence-electron chi connectivity index (χ2n) is 6.51. The number of carbonyl (C=O) groups excluding carboxylic acids is 2. The summed E-state index contributed by atoms with van der Waals surface area (Å²) in [7, 11) is 0. The molecule has 0 bridgehead atoms. The standard InChI is InChI=1S/C21H18N4O3S2/c1-12(26)22-21-25-18-8-5-15(9-19(18)30-21)24-20(27)14-3-6-17(7-4-14)28-10-16-11-29-13(2)23-16/h3-9,11H,10H2,1-2H3,(H,24,27)(H,22,25,26). The SMILES string of the molecule is CC(=O)Nc1nc2ccc(NC(=O)c3ccc(OCc4csc(C)n4)cc3)cc2s1. The van der Waals surface area contributed by atoms with E-state index in [0.29, 0.717) is 28.7 Å². The molecular weight excluding hydrogens is 420 g/mol. The summed E-state index contributed by atoms with van der Waals surface area (Å²) in [5.74, 6) is 0.285. The fourth-order valence-corrected chi connectivity index (χ4v) is 4.29. The fourth-order valence-electron chi connectivity index (χ4n) is 2.74. The maximum atomic E-state index is 12.6. The van der Waals surface area contributed by atoms with Gasteiger partial charge >= 0.3 is 0 Å². The molecule has 0 aliphatic heterocycles. The van der Waals surface area contributed by atoms with Crippen LogP contribution in [0.4, 0.5) is 10.8 Å². The normalized spacial score (nSPS) is 10.7. The van der Waals surface area contributed by atoms with Crippen LogP contribution in [0.15, 0.2) is 47.8 Å². The Morgan fingerprint density at radius 1 is 1.07 bits per heavy atom. The second kappa shape index (κ2) is 8.60. The lowest BCUT2D eigenvalue weighted by Crippen LogP contribution is -2.11. The van der Waals surface area contributed by atoms with E-state index < -0.39 is 0 Å². The van der Waals surface area contributed by atoms with Gasteiger partial charge in [-0.25, -0.2) is 9.97 Å². The third-order valence-corrected chi connectivity index (χ3v) is 5.85. The Balaban J connectivity index is 1.39. The lowest BCUT2D eigenvalue weighted by atomic mass is 10.2. The highest BCUT2D eigenvalue weighted by Crippen LogP contribution is 2.28. The Labute approximate surface area is 180 Å². The molecule has 7 nitrogen and oxygen atoms in total. The topological polar surface area (TPSA) is 93.2 Å². The van der Waals surface area contributed by atoms with E-state index in [-0.39, 0.29) is 11.8 Å². The average Bonchev–Trinajstić information content (AvgIpc) is 3.31. The molecule has 9 heteroatoms. The number of ether oxygens (including phenoxy) is 1. The van der Waals surface area contributed by atoms with Gasteiger partial charge in [-0.2, -0.15) is 0 Å². The van der Waals surface area contributed by atoms with Gasteiger partial charge in [-0.15, -0.1) is 11.3 Å². The summed E-state index contributed by atoms with van der Waals surface area (Å²) in [6.45, 7) is 3.79. The van der Waals surface area contributed by atoms with Gasteiger partial charge in [0.25, 0.3) is 5.91 Å². The van der Waals surface area contributed by atoms with Crippen molar-refractivity contribution in [2.24, 2.45) is 0 Å². The molecular formula is C21H18N4O3S2. The summed E-state index contributed by atoms with van der Waals surface area (Å²) in [5.41, 5.74) is 2.83. The molecule has 2 aromatic carbocycles. The molecule has 0 aliphatic carbocycles. The number of fused-ring (bicyclic) bond motifs is 1. The molecule has 30 heavy (non-hydrogen) atoms. The van der Waals surface area contributed by atoms with Crippen LogP contribution >= 0.6 is 22.7 Å². The molecule has 4 rings (SSSR count). The Morgan fingerprint density at radius 3 is 2.57 bits per heavy atom. The monoisotopic (exact) mass is 438 g/mol. The molecule has 0 saturated carbocycles. The number of anilines is 2. The molecule has 0 saturated heterocycles. The van der Waals surface area contributed by atoms with Gasteiger partial charge in [0.15, 0.2) is 5.13 Å². The van der Waals surface area contributed by atoms with E-state index in [2.05, 4.69) is 20.6 Å². The van der Waals surface area contributed by atoms with Crippen molar-refractivity contribution in [2.45, 2.75) is 20.5 Å². The van der Waals surface area contributed by atoms with E-state index in [1.54, 1.807) is 41.7 Å². The van der Waals surface area contributed by atoms with Crippen LogP contribution in [0.2, 0.25) is 0 Å². The Hall–Kier alpha value is -3.30. The number of hydrogen-bond acceptors (Lipinski definition) is 7. The molecule has 2 aromatic heterocycles. The maximum Gasteiger partial charge on any atom is 0.255 e. The minimum absolute atomic E-state index is 0.170. The highest BCUT2D eigenvalue weighted by Gasteiger charge is 2.10. The quantitative estimate of drug-likeness (QED) is 0.449. The van der Waals surface area contributed by atoms with Gasteiger partial charge < -0.3 is 15.4 Å². The predicted molar refractivity (Wildman–Crippen MR) is 120 cm³/mol. The molecule has 2 amide bonds. The Bertz CT molecular complexity index is 1210. The molecule has 4 aromatic rings. The minimum Gasteiger partial charge on any atom is -0.487 e. The van der Waals surface area contributed by atoms with Crippen LogP contribution in [0.5, 0.6) is 5.75 Å². The van der Waals surface area contributed by atoms with E-state index in [1.165, 1.54) is 18.3 Å². The maximum absolute atomic E-state index is 12.6. The average molecular weight is 439 g/mol.